The molecule has 1 amide bonds. The van der Waals surface area contributed by atoms with E-state index in [1.54, 1.807) is 11.0 Å². The van der Waals surface area contributed by atoms with Crippen molar-refractivity contribution in [3.8, 4) is 0 Å². The first-order valence-corrected chi connectivity index (χ1v) is 4.99. The van der Waals surface area contributed by atoms with Gasteiger partial charge in [0.25, 0.3) is 0 Å². The summed E-state index contributed by atoms with van der Waals surface area (Å²) in [7, 11) is 3.64. The van der Waals surface area contributed by atoms with Crippen LogP contribution in [0.4, 0.5) is 14.9 Å². The van der Waals surface area contributed by atoms with Crippen molar-refractivity contribution in [2.75, 3.05) is 25.5 Å². The van der Waals surface area contributed by atoms with Gasteiger partial charge in [0.15, 0.2) is 0 Å². The van der Waals surface area contributed by atoms with E-state index in [-0.39, 0.29) is 11.9 Å². The summed E-state index contributed by atoms with van der Waals surface area (Å²) in [4.78, 5) is 12.8. The molecular formula is C11H13FN2O2. The molecule has 1 aromatic carbocycles. The number of amides is 1. The summed E-state index contributed by atoms with van der Waals surface area (Å²) in [6.07, 6.45) is -0.774. The molecule has 86 valence electrons. The highest BCUT2D eigenvalue weighted by Crippen LogP contribution is 2.30. The maximum absolute atomic E-state index is 13.1. The Morgan fingerprint density at radius 3 is 2.81 bits per heavy atom. The van der Waals surface area contributed by atoms with Crippen LogP contribution < -0.4 is 10.2 Å². The van der Waals surface area contributed by atoms with Crippen LogP contribution in [0.5, 0.6) is 0 Å². The molecule has 1 saturated heterocycles. The predicted octanol–water partition coefficient (Wildman–Crippen LogP) is 1.67. The summed E-state index contributed by atoms with van der Waals surface area (Å²) in [6, 6.07) is 4.45. The van der Waals surface area contributed by atoms with Crippen molar-refractivity contribution < 1.29 is 13.9 Å². The van der Waals surface area contributed by atoms with Crippen molar-refractivity contribution in [3.63, 3.8) is 0 Å². The fourth-order valence-corrected chi connectivity index (χ4v) is 1.74. The van der Waals surface area contributed by atoms with E-state index in [9.17, 15) is 9.18 Å². The highest BCUT2D eigenvalue weighted by atomic mass is 19.1. The molecule has 1 fully saturated rings. The largest absolute Gasteiger partial charge is 0.439 e. The van der Waals surface area contributed by atoms with Crippen LogP contribution in [-0.4, -0.2) is 26.7 Å². The molecule has 1 N–H and O–H groups in total. The van der Waals surface area contributed by atoms with Gasteiger partial charge in [-0.05, 0) is 12.1 Å². The standard InChI is InChI=1S/C11H13FN2O2/c1-14(2)9-5-7(12)3-4-8(9)10-6-13-11(15)16-10/h3-5,10H,6H2,1-2H3,(H,13,15). The van der Waals surface area contributed by atoms with Gasteiger partial charge in [0.1, 0.15) is 11.9 Å². The van der Waals surface area contributed by atoms with Gasteiger partial charge >= 0.3 is 6.09 Å². The number of benzene rings is 1. The minimum atomic E-state index is -0.431. The molecule has 1 atom stereocenters. The summed E-state index contributed by atoms with van der Waals surface area (Å²) in [5, 5.41) is 2.58. The molecule has 1 unspecified atom stereocenters. The van der Waals surface area contributed by atoms with Crippen LogP contribution in [0.2, 0.25) is 0 Å². The summed E-state index contributed by atoms with van der Waals surface area (Å²) < 4.78 is 18.2. The zero-order valence-electron chi connectivity index (χ0n) is 9.16. The van der Waals surface area contributed by atoms with Crippen molar-refractivity contribution in [1.82, 2.24) is 5.32 Å². The van der Waals surface area contributed by atoms with Crippen LogP contribution >= 0.6 is 0 Å². The number of rotatable bonds is 2. The van der Waals surface area contributed by atoms with Gasteiger partial charge in [0.05, 0.1) is 6.54 Å². The van der Waals surface area contributed by atoms with Gasteiger partial charge in [-0.1, -0.05) is 6.07 Å². The van der Waals surface area contributed by atoms with Crippen LogP contribution in [0.15, 0.2) is 18.2 Å². The number of ether oxygens (including phenoxy) is 1. The lowest BCUT2D eigenvalue weighted by Gasteiger charge is -2.20. The molecule has 1 heterocycles. The molecule has 16 heavy (non-hydrogen) atoms. The smallest absolute Gasteiger partial charge is 0.407 e. The Balaban J connectivity index is 2.36. The third-order valence-electron chi connectivity index (χ3n) is 2.50. The maximum atomic E-state index is 13.1. The summed E-state index contributed by atoms with van der Waals surface area (Å²) in [6.45, 7) is 0.422. The number of carbonyl (C=O) groups excluding carboxylic acids is 1. The lowest BCUT2D eigenvalue weighted by Crippen LogP contribution is -2.15. The highest BCUT2D eigenvalue weighted by Gasteiger charge is 2.26. The van der Waals surface area contributed by atoms with Gasteiger partial charge in [-0.15, -0.1) is 0 Å². The number of hydrogen-bond acceptors (Lipinski definition) is 3. The Labute approximate surface area is 93.0 Å². The third-order valence-corrected chi connectivity index (χ3v) is 2.50. The number of halogens is 1. The van der Waals surface area contributed by atoms with E-state index < -0.39 is 6.09 Å². The lowest BCUT2D eigenvalue weighted by atomic mass is 10.1. The van der Waals surface area contributed by atoms with Crippen molar-refractivity contribution in [2.45, 2.75) is 6.10 Å². The molecule has 0 aliphatic carbocycles. The molecule has 1 aliphatic heterocycles. The minimum absolute atomic E-state index is 0.301. The Morgan fingerprint density at radius 2 is 2.25 bits per heavy atom. The predicted molar refractivity (Wildman–Crippen MR) is 58.0 cm³/mol. The molecule has 4 nitrogen and oxygen atoms in total. The van der Waals surface area contributed by atoms with E-state index in [2.05, 4.69) is 5.32 Å². The molecule has 1 aromatic rings. The normalized spacial score (nSPS) is 19.2. The molecule has 2 rings (SSSR count). The first-order valence-electron chi connectivity index (χ1n) is 4.99. The highest BCUT2D eigenvalue weighted by molar-refractivity contribution is 5.70. The van der Waals surface area contributed by atoms with Crippen LogP contribution in [0.25, 0.3) is 0 Å². The van der Waals surface area contributed by atoms with Gasteiger partial charge in [0, 0.05) is 25.3 Å². The van der Waals surface area contributed by atoms with Gasteiger partial charge in [-0.3, -0.25) is 0 Å². The van der Waals surface area contributed by atoms with Gasteiger partial charge in [0.2, 0.25) is 0 Å². The SMILES string of the molecule is CN(C)c1cc(F)ccc1C1CNC(=O)O1. The Hall–Kier alpha value is -1.78. The van der Waals surface area contributed by atoms with Crippen molar-refractivity contribution >= 4 is 11.8 Å². The molecule has 0 bridgehead atoms. The van der Waals surface area contributed by atoms with Crippen molar-refractivity contribution in [3.05, 3.63) is 29.6 Å². The first-order chi connectivity index (χ1) is 7.58. The number of cyclic esters (lactones) is 1. The molecule has 0 spiro atoms. The second-order valence-corrected chi connectivity index (χ2v) is 3.87. The topological polar surface area (TPSA) is 41.6 Å². The number of alkyl carbamates (subject to hydrolysis) is 1. The molecule has 5 heteroatoms. The van der Waals surface area contributed by atoms with Gasteiger partial charge < -0.3 is 15.0 Å². The third kappa shape index (κ3) is 1.93. The molecule has 0 radical (unpaired) electrons. The Morgan fingerprint density at radius 1 is 1.50 bits per heavy atom. The van der Waals surface area contributed by atoms with Gasteiger partial charge in [-0.25, -0.2) is 9.18 Å². The Kier molecular flexibility index (Phi) is 2.68. The van der Waals surface area contributed by atoms with E-state index in [1.807, 2.05) is 14.1 Å². The molecule has 0 aromatic heterocycles. The lowest BCUT2D eigenvalue weighted by molar-refractivity contribution is 0.141. The number of nitrogens with one attached hydrogen (secondary N) is 1. The van der Waals surface area contributed by atoms with E-state index >= 15 is 0 Å². The van der Waals surface area contributed by atoms with Crippen LogP contribution in [0.3, 0.4) is 0 Å². The minimum Gasteiger partial charge on any atom is -0.439 e. The number of anilines is 1. The zero-order chi connectivity index (χ0) is 11.7. The van der Waals surface area contributed by atoms with E-state index in [4.69, 9.17) is 4.74 Å². The number of hydrogen-bond donors (Lipinski definition) is 1. The van der Waals surface area contributed by atoms with E-state index in [1.165, 1.54) is 12.1 Å². The summed E-state index contributed by atoms with van der Waals surface area (Å²) in [5.74, 6) is -0.301. The second-order valence-electron chi connectivity index (χ2n) is 3.87. The van der Waals surface area contributed by atoms with Crippen molar-refractivity contribution in [1.29, 1.82) is 0 Å². The molecular weight excluding hydrogens is 211 g/mol. The Bertz CT molecular complexity index is 420. The van der Waals surface area contributed by atoms with Gasteiger partial charge in [-0.2, -0.15) is 0 Å². The quantitative estimate of drug-likeness (QED) is 0.830. The maximum Gasteiger partial charge on any atom is 0.407 e. The summed E-state index contributed by atoms with van der Waals surface area (Å²) >= 11 is 0. The fourth-order valence-electron chi connectivity index (χ4n) is 1.74. The first kappa shape index (κ1) is 10.7. The average molecular weight is 224 g/mol. The number of nitrogens with zero attached hydrogens (tertiary/aromatic N) is 1. The monoisotopic (exact) mass is 224 g/mol. The summed E-state index contributed by atoms with van der Waals surface area (Å²) in [5.41, 5.74) is 1.53. The average Bonchev–Trinajstić information content (AvgIpc) is 2.64. The van der Waals surface area contributed by atoms with Crippen LogP contribution in [0, 0.1) is 5.82 Å². The van der Waals surface area contributed by atoms with Crippen LogP contribution in [-0.2, 0) is 4.74 Å². The molecule has 0 saturated carbocycles. The number of carbonyl (C=O) groups is 1. The van der Waals surface area contributed by atoms with E-state index in [0.717, 1.165) is 11.3 Å². The van der Waals surface area contributed by atoms with E-state index in [0.29, 0.717) is 6.54 Å². The van der Waals surface area contributed by atoms with Crippen LogP contribution in [0.1, 0.15) is 11.7 Å². The second kappa shape index (κ2) is 4.00. The fraction of sp³-hybridized carbons (Fsp3) is 0.364. The zero-order valence-corrected chi connectivity index (χ0v) is 9.16. The molecule has 1 aliphatic rings. The van der Waals surface area contributed by atoms with Crippen molar-refractivity contribution in [2.24, 2.45) is 0 Å².